The first-order valence-corrected chi connectivity index (χ1v) is 8.81. The van der Waals surface area contributed by atoms with Crippen molar-refractivity contribution in [3.63, 3.8) is 0 Å². The maximum Gasteiger partial charge on any atom is 0.260 e. The number of aromatic nitrogens is 1. The number of nitrogens with zero attached hydrogens (tertiary/aromatic N) is 1. The van der Waals surface area contributed by atoms with Crippen LogP contribution in [0.3, 0.4) is 0 Å². The molecule has 0 fully saturated rings. The van der Waals surface area contributed by atoms with Gasteiger partial charge in [0.2, 0.25) is 5.91 Å². The fourth-order valence-electron chi connectivity index (χ4n) is 2.39. The van der Waals surface area contributed by atoms with E-state index in [4.69, 9.17) is 23.2 Å². The zero-order chi connectivity index (χ0) is 19.3. The van der Waals surface area contributed by atoms with Crippen LogP contribution in [0.4, 0.5) is 5.69 Å². The summed E-state index contributed by atoms with van der Waals surface area (Å²) in [6.07, 6.45) is 0.640. The minimum absolute atomic E-state index is 0.00219. The molecule has 0 aliphatic heterocycles. The van der Waals surface area contributed by atoms with Gasteiger partial charge in [-0.3, -0.25) is 14.4 Å². The van der Waals surface area contributed by atoms with E-state index in [2.05, 4.69) is 10.3 Å². The van der Waals surface area contributed by atoms with E-state index < -0.39 is 17.4 Å². The van der Waals surface area contributed by atoms with Gasteiger partial charge in [0.25, 0.3) is 11.5 Å². The molecule has 1 aromatic heterocycles. The first-order chi connectivity index (χ1) is 12.3. The molecular weight excluding hydrogens is 377 g/mol. The third-order valence-corrected chi connectivity index (χ3v) is 4.17. The fourth-order valence-corrected chi connectivity index (χ4v) is 2.73. The molecule has 0 saturated carbocycles. The predicted octanol–water partition coefficient (Wildman–Crippen LogP) is 3.48. The lowest BCUT2D eigenvalue weighted by molar-refractivity contribution is -0.116. The Hall–Kier alpha value is -2.31. The normalized spacial score (nSPS) is 10.5. The van der Waals surface area contributed by atoms with Gasteiger partial charge in [-0.2, -0.15) is 0 Å². The van der Waals surface area contributed by atoms with Crippen molar-refractivity contribution >= 4 is 40.7 Å². The summed E-state index contributed by atoms with van der Waals surface area (Å²) in [5.74, 6) is -0.931. The number of rotatable bonds is 6. The summed E-state index contributed by atoms with van der Waals surface area (Å²) < 4.78 is 0. The number of aromatic amines is 1. The van der Waals surface area contributed by atoms with Crippen LogP contribution in [0.2, 0.25) is 10.0 Å². The number of benzene rings is 1. The molecule has 0 unspecified atom stereocenters. The van der Waals surface area contributed by atoms with E-state index in [1.165, 1.54) is 17.0 Å². The first-order valence-electron chi connectivity index (χ1n) is 8.06. The molecule has 0 spiro atoms. The van der Waals surface area contributed by atoms with Gasteiger partial charge in [0.1, 0.15) is 12.1 Å². The molecule has 138 valence electrons. The van der Waals surface area contributed by atoms with Crippen molar-refractivity contribution in [2.45, 2.75) is 20.3 Å². The van der Waals surface area contributed by atoms with Crippen LogP contribution in [0.1, 0.15) is 29.4 Å². The second-order valence-electron chi connectivity index (χ2n) is 5.78. The van der Waals surface area contributed by atoms with E-state index in [-0.39, 0.29) is 12.1 Å². The Labute approximate surface area is 161 Å². The van der Waals surface area contributed by atoms with Crippen molar-refractivity contribution in [3.05, 3.63) is 62.0 Å². The summed E-state index contributed by atoms with van der Waals surface area (Å²) >= 11 is 11.9. The number of hydrogen-bond acceptors (Lipinski definition) is 3. The average molecular weight is 396 g/mol. The van der Waals surface area contributed by atoms with E-state index in [1.54, 1.807) is 25.1 Å². The Morgan fingerprint density at radius 2 is 1.92 bits per heavy atom. The fraction of sp³-hybridized carbons (Fsp3) is 0.278. The van der Waals surface area contributed by atoms with Gasteiger partial charge in [-0.25, -0.2) is 0 Å². The third kappa shape index (κ3) is 5.09. The number of H-pyrrole nitrogens is 1. The Kier molecular flexibility index (Phi) is 6.83. The van der Waals surface area contributed by atoms with Crippen LogP contribution >= 0.6 is 23.2 Å². The summed E-state index contributed by atoms with van der Waals surface area (Å²) in [5, 5.41) is 3.40. The zero-order valence-corrected chi connectivity index (χ0v) is 15.9. The van der Waals surface area contributed by atoms with Gasteiger partial charge in [-0.1, -0.05) is 30.1 Å². The highest BCUT2D eigenvalue weighted by Crippen LogP contribution is 2.25. The number of halogens is 2. The SMILES string of the molecule is CCCN(CC(=O)Nc1cc(Cl)ccc1Cl)C(=O)c1ccc(C)[nH]c1=O. The van der Waals surface area contributed by atoms with E-state index in [0.29, 0.717) is 34.4 Å². The largest absolute Gasteiger partial charge is 0.329 e. The second kappa shape index (κ2) is 8.87. The van der Waals surface area contributed by atoms with Gasteiger partial charge in [0, 0.05) is 17.3 Å². The lowest BCUT2D eigenvalue weighted by Crippen LogP contribution is -2.40. The monoisotopic (exact) mass is 395 g/mol. The molecule has 2 aromatic rings. The number of aryl methyl sites for hydroxylation is 1. The average Bonchev–Trinajstić information content (AvgIpc) is 2.57. The van der Waals surface area contributed by atoms with Crippen LogP contribution in [0.15, 0.2) is 35.1 Å². The van der Waals surface area contributed by atoms with E-state index in [1.807, 2.05) is 6.92 Å². The third-order valence-electron chi connectivity index (χ3n) is 3.60. The summed E-state index contributed by atoms with van der Waals surface area (Å²) in [5.41, 5.74) is 0.537. The molecule has 8 heteroatoms. The number of pyridine rings is 1. The maximum atomic E-state index is 12.7. The lowest BCUT2D eigenvalue weighted by atomic mass is 10.2. The maximum absolute atomic E-state index is 12.7. The molecule has 2 rings (SSSR count). The number of carbonyl (C=O) groups excluding carboxylic acids is 2. The molecule has 2 amide bonds. The van der Waals surface area contributed by atoms with Crippen LogP contribution in [-0.2, 0) is 4.79 Å². The van der Waals surface area contributed by atoms with E-state index in [0.717, 1.165) is 0 Å². The molecule has 0 aliphatic carbocycles. The number of amides is 2. The Bertz CT molecular complexity index is 880. The van der Waals surface area contributed by atoms with Gasteiger partial charge in [0.15, 0.2) is 0 Å². The minimum atomic E-state index is -0.500. The highest BCUT2D eigenvalue weighted by Gasteiger charge is 2.21. The van der Waals surface area contributed by atoms with Crippen molar-refractivity contribution in [2.75, 3.05) is 18.4 Å². The number of anilines is 1. The molecule has 0 aliphatic rings. The Morgan fingerprint density at radius 3 is 2.58 bits per heavy atom. The van der Waals surface area contributed by atoms with E-state index in [9.17, 15) is 14.4 Å². The van der Waals surface area contributed by atoms with Crippen molar-refractivity contribution in [1.82, 2.24) is 9.88 Å². The Morgan fingerprint density at radius 1 is 1.19 bits per heavy atom. The molecule has 0 atom stereocenters. The topological polar surface area (TPSA) is 82.3 Å². The summed E-state index contributed by atoms with van der Waals surface area (Å²) in [6, 6.07) is 7.81. The molecule has 0 bridgehead atoms. The van der Waals surface area contributed by atoms with Crippen LogP contribution in [0.25, 0.3) is 0 Å². The van der Waals surface area contributed by atoms with Crippen LogP contribution < -0.4 is 10.9 Å². The highest BCUT2D eigenvalue weighted by molar-refractivity contribution is 6.35. The number of nitrogens with one attached hydrogen (secondary N) is 2. The quantitative estimate of drug-likeness (QED) is 0.785. The standard InChI is InChI=1S/C18H19Cl2N3O3/c1-3-8-23(18(26)13-6-4-11(2)21-17(13)25)10-16(24)22-15-9-12(19)5-7-14(15)20/h4-7,9H,3,8,10H2,1-2H3,(H,21,25)(H,22,24). The van der Waals surface area contributed by atoms with Crippen LogP contribution in [-0.4, -0.2) is 34.8 Å². The zero-order valence-electron chi connectivity index (χ0n) is 14.4. The minimum Gasteiger partial charge on any atom is -0.329 e. The summed E-state index contributed by atoms with van der Waals surface area (Å²) in [7, 11) is 0. The Balaban J connectivity index is 2.16. The van der Waals surface area contributed by atoms with Gasteiger partial charge in [-0.15, -0.1) is 0 Å². The molecule has 6 nitrogen and oxygen atoms in total. The second-order valence-corrected chi connectivity index (χ2v) is 6.63. The summed E-state index contributed by atoms with van der Waals surface area (Å²) in [6.45, 7) is 3.73. The van der Waals surface area contributed by atoms with Gasteiger partial charge in [-0.05, 0) is 43.7 Å². The lowest BCUT2D eigenvalue weighted by Gasteiger charge is -2.21. The highest BCUT2D eigenvalue weighted by atomic mass is 35.5. The van der Waals surface area contributed by atoms with Crippen molar-refractivity contribution in [2.24, 2.45) is 0 Å². The van der Waals surface area contributed by atoms with Gasteiger partial charge >= 0.3 is 0 Å². The van der Waals surface area contributed by atoms with Gasteiger partial charge in [0.05, 0.1) is 10.7 Å². The summed E-state index contributed by atoms with van der Waals surface area (Å²) in [4.78, 5) is 40.9. The predicted molar refractivity (Wildman–Crippen MR) is 103 cm³/mol. The molecule has 26 heavy (non-hydrogen) atoms. The molecule has 0 saturated heterocycles. The van der Waals surface area contributed by atoms with Crippen LogP contribution in [0.5, 0.6) is 0 Å². The van der Waals surface area contributed by atoms with Crippen molar-refractivity contribution in [1.29, 1.82) is 0 Å². The number of carbonyl (C=O) groups is 2. The first kappa shape index (κ1) is 20.0. The molecular formula is C18H19Cl2N3O3. The van der Waals surface area contributed by atoms with Crippen molar-refractivity contribution < 1.29 is 9.59 Å². The van der Waals surface area contributed by atoms with E-state index >= 15 is 0 Å². The molecule has 2 N–H and O–H groups in total. The van der Waals surface area contributed by atoms with Crippen LogP contribution in [0, 0.1) is 6.92 Å². The van der Waals surface area contributed by atoms with Crippen molar-refractivity contribution in [3.8, 4) is 0 Å². The molecule has 1 aromatic carbocycles. The molecule has 1 heterocycles. The van der Waals surface area contributed by atoms with Gasteiger partial charge < -0.3 is 15.2 Å². The smallest absolute Gasteiger partial charge is 0.260 e. The number of hydrogen-bond donors (Lipinski definition) is 2. The molecule has 0 radical (unpaired) electrons.